The van der Waals surface area contributed by atoms with E-state index >= 15 is 0 Å². The number of unbranched alkanes of at least 4 members (excludes halogenated alkanes) is 18. The Balaban J connectivity index is 0.00000112. The van der Waals surface area contributed by atoms with E-state index in [9.17, 15) is 30.0 Å². The van der Waals surface area contributed by atoms with E-state index in [0.29, 0.717) is 13.2 Å². The molecule has 0 aliphatic heterocycles. The number of carbonyl (C=O) groups is 2. The van der Waals surface area contributed by atoms with Crippen molar-refractivity contribution < 1.29 is 39.5 Å². The fourth-order valence-corrected chi connectivity index (χ4v) is 7.34. The number of aliphatic carboxylic acids is 2. The summed E-state index contributed by atoms with van der Waals surface area (Å²) < 4.78 is 12.0. The summed E-state index contributed by atoms with van der Waals surface area (Å²) in [6.07, 6.45) is 27.5. The van der Waals surface area contributed by atoms with Gasteiger partial charge in [-0.1, -0.05) is 203 Å². The summed E-state index contributed by atoms with van der Waals surface area (Å²) in [5.41, 5.74) is 2.30. The smallest absolute Gasteiger partial charge is 0.550 e. The summed E-state index contributed by atoms with van der Waals surface area (Å²) in [5.74, 6) is -1.86. The van der Waals surface area contributed by atoms with Crippen LogP contribution in [0.15, 0.2) is 60.7 Å². The summed E-state index contributed by atoms with van der Waals surface area (Å²) in [5, 5.41) is 41.7. The van der Waals surface area contributed by atoms with Gasteiger partial charge in [-0.15, -0.1) is 0 Å². The van der Waals surface area contributed by atoms with Gasteiger partial charge in [-0.3, -0.25) is 0 Å². The number of benzene rings is 2. The Kier molecular flexibility index (Phi) is 41.2. The van der Waals surface area contributed by atoms with Crippen molar-refractivity contribution in [2.24, 2.45) is 0 Å². The maximum absolute atomic E-state index is 10.5. The topological polar surface area (TPSA) is 139 Å². The van der Waals surface area contributed by atoms with Crippen LogP contribution < -0.4 is 10.2 Å². The van der Waals surface area contributed by atoms with Gasteiger partial charge in [0.25, 0.3) is 0 Å². The second-order valence-electron chi connectivity index (χ2n) is 16.3. The molecule has 4 atom stereocenters. The fourth-order valence-electron chi connectivity index (χ4n) is 7.34. The minimum atomic E-state index is -0.932. The van der Waals surface area contributed by atoms with E-state index in [2.05, 4.69) is 38.1 Å². The largest absolute Gasteiger partial charge is 2.00 e. The van der Waals surface area contributed by atoms with E-state index in [1.54, 1.807) is 0 Å². The van der Waals surface area contributed by atoms with Crippen LogP contribution in [0.4, 0.5) is 0 Å². The predicted molar refractivity (Wildman–Crippen MR) is 238 cm³/mol. The molecule has 0 amide bonds. The molecule has 8 nitrogen and oxygen atoms in total. The SMILES string of the molecule is CCCC(OCc1ccccc1)C(O)CCCCCCCCCCCCC(=O)[O-].CCCC(OCc1ccccc1)C(O)CCCCCCCCCCCCC(=O)[O-].[Ba+2]. The van der Waals surface area contributed by atoms with Crippen molar-refractivity contribution >= 4 is 60.8 Å². The van der Waals surface area contributed by atoms with Crippen molar-refractivity contribution in [2.45, 2.75) is 231 Å². The van der Waals surface area contributed by atoms with Crippen LogP contribution in [0.25, 0.3) is 0 Å². The zero-order valence-corrected chi connectivity index (χ0v) is 41.8. The molecule has 0 radical (unpaired) electrons. The molecule has 4 unspecified atom stereocenters. The van der Waals surface area contributed by atoms with Gasteiger partial charge in [-0.05, 0) is 62.5 Å². The minimum absolute atomic E-state index is 0. The normalized spacial score (nSPS) is 13.1. The number of hydrogen-bond donors (Lipinski definition) is 2. The Morgan fingerprint density at radius 2 is 0.729 bits per heavy atom. The van der Waals surface area contributed by atoms with E-state index in [4.69, 9.17) is 9.47 Å². The van der Waals surface area contributed by atoms with Gasteiger partial charge in [0.05, 0.1) is 37.6 Å². The zero-order chi connectivity index (χ0) is 42.3. The third-order valence-corrected chi connectivity index (χ3v) is 10.9. The number of ether oxygens (including phenoxy) is 2. The molecule has 0 aromatic heterocycles. The number of carboxylic acids is 2. The third-order valence-electron chi connectivity index (χ3n) is 10.9. The van der Waals surface area contributed by atoms with E-state index < -0.39 is 11.9 Å². The number of hydrogen-bond acceptors (Lipinski definition) is 8. The van der Waals surface area contributed by atoms with Crippen molar-refractivity contribution in [3.63, 3.8) is 0 Å². The predicted octanol–water partition coefficient (Wildman–Crippen LogP) is 9.95. The van der Waals surface area contributed by atoms with Gasteiger partial charge in [0.15, 0.2) is 0 Å². The van der Waals surface area contributed by atoms with Crippen molar-refractivity contribution in [1.29, 1.82) is 0 Å². The molecule has 0 heterocycles. The zero-order valence-electron chi connectivity index (χ0n) is 37.3. The molecular weight excluding hydrogens is 866 g/mol. The number of carboxylic acid groups (broad SMARTS) is 2. The van der Waals surface area contributed by atoms with Gasteiger partial charge in [0.2, 0.25) is 0 Å². The maximum Gasteiger partial charge on any atom is 2.00 e. The van der Waals surface area contributed by atoms with E-state index in [1.807, 2.05) is 36.4 Å². The molecule has 9 heteroatoms. The van der Waals surface area contributed by atoms with Crippen molar-refractivity contribution in [2.75, 3.05) is 0 Å². The van der Waals surface area contributed by atoms with Gasteiger partial charge in [0.1, 0.15) is 0 Å². The molecule has 2 rings (SSSR count). The quantitative estimate of drug-likeness (QED) is 0.0501. The number of aliphatic hydroxyl groups is 2. The molecule has 0 fully saturated rings. The van der Waals surface area contributed by atoms with E-state index in [0.717, 1.165) is 101 Å². The van der Waals surface area contributed by atoms with Crippen LogP contribution in [0, 0.1) is 0 Å². The first kappa shape index (κ1) is 57.8. The average Bonchev–Trinajstić information content (AvgIpc) is 3.22. The van der Waals surface area contributed by atoms with Crippen molar-refractivity contribution in [3.8, 4) is 0 Å². The molecule has 0 aliphatic carbocycles. The van der Waals surface area contributed by atoms with Crippen LogP contribution in [-0.2, 0) is 32.3 Å². The Bertz CT molecular complexity index is 1110. The van der Waals surface area contributed by atoms with Gasteiger partial charge in [-0.25, -0.2) is 0 Å². The first-order valence-electron chi connectivity index (χ1n) is 23.3. The summed E-state index contributed by atoms with van der Waals surface area (Å²) >= 11 is 0. The molecule has 59 heavy (non-hydrogen) atoms. The fraction of sp³-hybridized carbons (Fsp3) is 0.720. The average molecular weight is 949 g/mol. The van der Waals surface area contributed by atoms with Gasteiger partial charge >= 0.3 is 48.9 Å². The minimum Gasteiger partial charge on any atom is -0.550 e. The second kappa shape index (κ2) is 42.1. The number of aliphatic hydroxyl groups excluding tert-OH is 2. The van der Waals surface area contributed by atoms with Crippen LogP contribution >= 0.6 is 0 Å². The van der Waals surface area contributed by atoms with Crippen LogP contribution in [0.2, 0.25) is 0 Å². The Hall–Kier alpha value is -1.21. The van der Waals surface area contributed by atoms with E-state index in [-0.39, 0.29) is 86.1 Å². The van der Waals surface area contributed by atoms with Gasteiger partial charge < -0.3 is 39.5 Å². The molecule has 0 bridgehead atoms. The van der Waals surface area contributed by atoms with Crippen LogP contribution in [0.3, 0.4) is 0 Å². The molecular formula is C50H82BaO8. The summed E-state index contributed by atoms with van der Waals surface area (Å²) in [6.45, 7) is 5.40. The molecule has 0 aliphatic rings. The molecule has 0 saturated heterocycles. The van der Waals surface area contributed by atoms with Crippen molar-refractivity contribution in [1.82, 2.24) is 0 Å². The molecule has 2 aromatic carbocycles. The molecule has 0 saturated carbocycles. The molecule has 2 N–H and O–H groups in total. The number of rotatable bonds is 38. The number of carbonyl (C=O) groups excluding carboxylic acids is 2. The Labute approximate surface area is 400 Å². The standard InChI is InChI=1S/2C25H42O4.Ba/c2*1-2-16-24(29-21-22-17-12-11-13-18-22)23(26)19-14-9-7-5-3-4-6-8-10-15-20-25(27)28;/h2*11-13,17-18,23-24,26H,2-10,14-16,19-21H2,1H3,(H,27,28);/q;;+2/p-2. The monoisotopic (exact) mass is 949 g/mol. The second-order valence-corrected chi connectivity index (χ2v) is 16.3. The van der Waals surface area contributed by atoms with Gasteiger partial charge in [0, 0.05) is 11.9 Å². The van der Waals surface area contributed by atoms with Crippen LogP contribution in [0.5, 0.6) is 0 Å². The van der Waals surface area contributed by atoms with Crippen LogP contribution in [-0.4, -0.2) is 95.4 Å². The maximum atomic E-state index is 10.5. The Morgan fingerprint density at radius 1 is 0.458 bits per heavy atom. The van der Waals surface area contributed by atoms with Gasteiger partial charge in [-0.2, -0.15) is 0 Å². The third kappa shape index (κ3) is 36.0. The summed E-state index contributed by atoms with van der Waals surface area (Å²) in [4.78, 5) is 20.7. The van der Waals surface area contributed by atoms with Crippen molar-refractivity contribution in [3.05, 3.63) is 71.8 Å². The molecule has 332 valence electrons. The molecule has 0 spiro atoms. The summed E-state index contributed by atoms with van der Waals surface area (Å²) in [6, 6.07) is 20.3. The van der Waals surface area contributed by atoms with Crippen LogP contribution in [0.1, 0.15) is 205 Å². The Morgan fingerprint density at radius 3 is 1.00 bits per heavy atom. The molecule has 2 aromatic rings. The summed E-state index contributed by atoms with van der Waals surface area (Å²) in [7, 11) is 0. The van der Waals surface area contributed by atoms with E-state index in [1.165, 1.54) is 77.0 Å². The first-order valence-corrected chi connectivity index (χ1v) is 23.3. The first-order chi connectivity index (χ1) is 28.3.